The lowest BCUT2D eigenvalue weighted by Crippen LogP contribution is -2.46. The molecule has 12 heteroatoms. The summed E-state index contributed by atoms with van der Waals surface area (Å²) in [6, 6.07) is 7.55. The maximum Gasteiger partial charge on any atom is 0.320 e. The van der Waals surface area contributed by atoms with Crippen molar-refractivity contribution in [3.8, 4) is 5.75 Å². The van der Waals surface area contributed by atoms with E-state index in [4.69, 9.17) is 9.84 Å². The summed E-state index contributed by atoms with van der Waals surface area (Å²) in [5.41, 5.74) is 1.78. The topological polar surface area (TPSA) is 130 Å². The fraction of sp³-hybridized carbons (Fsp3) is 0.444. The Morgan fingerprint density at radius 1 is 1.18 bits per heavy atom. The van der Waals surface area contributed by atoms with Gasteiger partial charge in [-0.2, -0.15) is 14.7 Å². The molecule has 0 radical (unpaired) electrons. The molecule has 39 heavy (non-hydrogen) atoms. The van der Waals surface area contributed by atoms with Gasteiger partial charge in [0.05, 0.1) is 36.5 Å². The quantitative estimate of drug-likeness (QED) is 0.404. The van der Waals surface area contributed by atoms with Crippen LogP contribution in [0.25, 0.3) is 16.6 Å². The number of imidazole rings is 1. The summed E-state index contributed by atoms with van der Waals surface area (Å²) in [4.78, 5) is 33.9. The van der Waals surface area contributed by atoms with Crippen LogP contribution in [0.3, 0.4) is 0 Å². The Labute approximate surface area is 225 Å². The van der Waals surface area contributed by atoms with E-state index in [9.17, 15) is 14.7 Å². The number of β-amino-alcohol motifs (C(OH)–C–C–N with tert-alkyl or cyclic N) is 1. The van der Waals surface area contributed by atoms with Crippen molar-refractivity contribution in [3.05, 3.63) is 48.4 Å². The first-order valence-corrected chi connectivity index (χ1v) is 13.3. The van der Waals surface area contributed by atoms with Gasteiger partial charge in [0, 0.05) is 50.0 Å². The zero-order valence-electron chi connectivity index (χ0n) is 22.0. The van der Waals surface area contributed by atoms with E-state index < -0.39 is 6.10 Å². The van der Waals surface area contributed by atoms with Crippen LogP contribution in [-0.4, -0.2) is 90.6 Å². The van der Waals surface area contributed by atoms with Crippen molar-refractivity contribution in [3.63, 3.8) is 0 Å². The van der Waals surface area contributed by atoms with Crippen LogP contribution < -0.4 is 10.1 Å². The minimum Gasteiger partial charge on any atom is -0.496 e. The first-order valence-electron chi connectivity index (χ1n) is 13.3. The number of carbonyl (C=O) groups is 2. The van der Waals surface area contributed by atoms with Gasteiger partial charge < -0.3 is 25.0 Å². The first-order chi connectivity index (χ1) is 18.9. The number of ether oxygens (including phenoxy) is 1. The number of benzene rings is 1. The van der Waals surface area contributed by atoms with Crippen molar-refractivity contribution in [1.82, 2.24) is 34.2 Å². The highest BCUT2D eigenvalue weighted by molar-refractivity contribution is 6.08. The molecule has 2 aliphatic rings. The van der Waals surface area contributed by atoms with Gasteiger partial charge in [-0.05, 0) is 50.3 Å². The molecule has 1 aromatic carbocycles. The second-order valence-electron chi connectivity index (χ2n) is 10.4. The summed E-state index contributed by atoms with van der Waals surface area (Å²) in [7, 11) is 3.40. The Morgan fingerprint density at radius 2 is 2.00 bits per heavy atom. The van der Waals surface area contributed by atoms with E-state index >= 15 is 0 Å². The number of nitrogens with zero attached hydrogens (tertiary/aromatic N) is 7. The lowest BCUT2D eigenvalue weighted by molar-refractivity contribution is 0.102. The van der Waals surface area contributed by atoms with Crippen molar-refractivity contribution in [2.75, 3.05) is 32.6 Å². The van der Waals surface area contributed by atoms with Crippen LogP contribution in [0, 0.1) is 0 Å². The largest absolute Gasteiger partial charge is 0.496 e. The fourth-order valence-electron chi connectivity index (χ4n) is 5.71. The molecule has 4 aromatic rings. The smallest absolute Gasteiger partial charge is 0.320 e. The molecule has 204 valence electrons. The summed E-state index contributed by atoms with van der Waals surface area (Å²) in [5.74, 6) is 0.574. The molecule has 1 aliphatic carbocycles. The predicted molar refractivity (Wildman–Crippen MR) is 144 cm³/mol. The number of aliphatic hydroxyl groups is 1. The maximum absolute atomic E-state index is 13.2. The number of hydrogen-bond acceptors (Lipinski definition) is 7. The molecule has 2 N–H and O–H groups in total. The second-order valence-corrected chi connectivity index (χ2v) is 10.4. The van der Waals surface area contributed by atoms with Crippen LogP contribution >= 0.6 is 0 Å². The van der Waals surface area contributed by atoms with Gasteiger partial charge >= 0.3 is 6.03 Å². The Balaban J connectivity index is 1.15. The third kappa shape index (κ3) is 4.76. The SMILES string of the molecule is COc1cc2nn(C3CCC(N(C)C(=O)N4CC[C@H](O)C4)CC3)cc2cc1C(=O)Nc1cnc2cccnn12. The number of methoxy groups -OCH3 is 1. The van der Waals surface area contributed by atoms with Crippen molar-refractivity contribution >= 4 is 34.3 Å². The average molecular weight is 533 g/mol. The molecule has 3 aromatic heterocycles. The van der Waals surface area contributed by atoms with Crippen molar-refractivity contribution < 1.29 is 19.4 Å². The van der Waals surface area contributed by atoms with E-state index in [0.717, 1.165) is 36.6 Å². The van der Waals surface area contributed by atoms with Crippen molar-refractivity contribution in [2.24, 2.45) is 0 Å². The average Bonchev–Trinajstić information content (AvgIpc) is 3.70. The van der Waals surface area contributed by atoms with Crippen LogP contribution in [0.1, 0.15) is 48.5 Å². The van der Waals surface area contributed by atoms with Crippen LogP contribution in [0.5, 0.6) is 5.75 Å². The molecule has 0 spiro atoms. The first kappa shape index (κ1) is 25.1. The monoisotopic (exact) mass is 532 g/mol. The van der Waals surface area contributed by atoms with Crippen LogP contribution in [0.15, 0.2) is 42.9 Å². The zero-order chi connectivity index (χ0) is 27.1. The van der Waals surface area contributed by atoms with Gasteiger partial charge in [0.25, 0.3) is 5.91 Å². The summed E-state index contributed by atoms with van der Waals surface area (Å²) >= 11 is 0. The van der Waals surface area contributed by atoms with Gasteiger partial charge in [-0.1, -0.05) is 0 Å². The Hall–Kier alpha value is -4.19. The molecule has 1 aliphatic heterocycles. The highest BCUT2D eigenvalue weighted by atomic mass is 16.5. The number of rotatable bonds is 5. The van der Waals surface area contributed by atoms with E-state index in [1.54, 1.807) is 40.0 Å². The highest BCUT2D eigenvalue weighted by Crippen LogP contribution is 2.33. The number of nitrogens with one attached hydrogen (secondary N) is 1. The third-order valence-electron chi connectivity index (χ3n) is 7.93. The van der Waals surface area contributed by atoms with Crippen LogP contribution in [0.4, 0.5) is 10.6 Å². The van der Waals surface area contributed by atoms with Gasteiger partial charge in [-0.3, -0.25) is 9.48 Å². The molecule has 0 unspecified atom stereocenters. The number of likely N-dealkylation sites (tertiary alicyclic amines) is 1. The van der Waals surface area contributed by atoms with Gasteiger partial charge in [0.2, 0.25) is 0 Å². The molecule has 0 bridgehead atoms. The number of anilines is 1. The van der Waals surface area contributed by atoms with E-state index in [-0.39, 0.29) is 24.0 Å². The van der Waals surface area contributed by atoms with E-state index in [0.29, 0.717) is 42.3 Å². The lowest BCUT2D eigenvalue weighted by Gasteiger charge is -2.36. The van der Waals surface area contributed by atoms with Gasteiger partial charge in [-0.25, -0.2) is 9.78 Å². The summed E-state index contributed by atoms with van der Waals surface area (Å²) in [5, 5.41) is 22.6. The van der Waals surface area contributed by atoms with Crippen LogP contribution in [-0.2, 0) is 0 Å². The number of hydrogen-bond donors (Lipinski definition) is 2. The molecule has 1 atom stereocenters. The second kappa shape index (κ2) is 10.2. The fourth-order valence-corrected chi connectivity index (χ4v) is 5.71. The molecule has 3 amide bonds. The van der Waals surface area contributed by atoms with E-state index in [1.807, 2.05) is 28.9 Å². The molecular weight excluding hydrogens is 500 g/mol. The minimum atomic E-state index is -0.417. The van der Waals surface area contributed by atoms with Gasteiger partial charge in [0.1, 0.15) is 5.75 Å². The molecule has 12 nitrogen and oxygen atoms in total. The number of fused-ring (bicyclic) bond motifs is 2. The number of carbonyl (C=O) groups excluding carboxylic acids is 2. The molecule has 2 fully saturated rings. The number of aliphatic hydroxyl groups excluding tert-OH is 1. The molecule has 1 saturated heterocycles. The third-order valence-corrected chi connectivity index (χ3v) is 7.93. The maximum atomic E-state index is 13.2. The summed E-state index contributed by atoms with van der Waals surface area (Å²) in [6.07, 6.45) is 8.95. The lowest BCUT2D eigenvalue weighted by atomic mass is 9.90. The van der Waals surface area contributed by atoms with Gasteiger partial charge in [-0.15, -0.1) is 0 Å². The Bertz CT molecular complexity index is 1520. The van der Waals surface area contributed by atoms with Crippen molar-refractivity contribution in [2.45, 2.75) is 50.3 Å². The normalized spacial score (nSPS) is 21.4. The molecule has 6 rings (SSSR count). The molecule has 4 heterocycles. The summed E-state index contributed by atoms with van der Waals surface area (Å²) in [6.45, 7) is 1.02. The summed E-state index contributed by atoms with van der Waals surface area (Å²) < 4.78 is 9.09. The Kier molecular flexibility index (Phi) is 6.55. The van der Waals surface area contributed by atoms with Crippen LogP contribution in [0.2, 0.25) is 0 Å². The standard InChI is InChI=1S/C27H32N8O4/c1-32(27(38)33-11-9-20(36)16-33)18-5-7-19(8-6-18)34-15-17-12-21(23(39-2)13-22(17)31-34)26(37)30-25-14-28-24-4-3-10-29-35(24)25/h3-4,10,12-15,18-20,36H,5-9,11,16H2,1-2H3,(H,30,37)/t18?,19?,20-/m0/s1. The van der Waals surface area contributed by atoms with Crippen molar-refractivity contribution in [1.29, 1.82) is 0 Å². The zero-order valence-corrected chi connectivity index (χ0v) is 22.0. The predicted octanol–water partition coefficient (Wildman–Crippen LogP) is 2.94. The number of urea groups is 1. The minimum absolute atomic E-state index is 0.00237. The molecular formula is C27H32N8O4. The highest BCUT2D eigenvalue weighted by Gasteiger charge is 2.32. The number of amides is 3. The van der Waals surface area contributed by atoms with Gasteiger partial charge in [0.15, 0.2) is 11.5 Å². The number of aromatic nitrogens is 5. The molecule has 1 saturated carbocycles. The van der Waals surface area contributed by atoms with E-state index in [2.05, 4.69) is 15.4 Å². The van der Waals surface area contributed by atoms with E-state index in [1.165, 1.54) is 7.11 Å². The Morgan fingerprint density at radius 3 is 2.74 bits per heavy atom.